The third kappa shape index (κ3) is 8.73. The highest BCUT2D eigenvalue weighted by Crippen LogP contribution is 2.17. The number of carbonyl (C=O) groups is 3. The Morgan fingerprint density at radius 3 is 2.12 bits per heavy atom. The topological polar surface area (TPSA) is 134 Å². The van der Waals surface area contributed by atoms with Gasteiger partial charge in [-0.15, -0.1) is 0 Å². The minimum atomic E-state index is -1.18. The quantitative estimate of drug-likeness (QED) is 0.233. The number of benzene rings is 3. The fraction of sp³-hybridized carbons (Fsp3) is 0.200. The third-order valence-corrected chi connectivity index (χ3v) is 5.96. The second kappa shape index (κ2) is 14.1. The van der Waals surface area contributed by atoms with Crippen molar-refractivity contribution in [2.24, 2.45) is 0 Å². The highest BCUT2D eigenvalue weighted by molar-refractivity contribution is 5.88. The fourth-order valence-electron chi connectivity index (χ4n) is 3.97. The predicted octanol–water partition coefficient (Wildman–Crippen LogP) is 3.94. The number of hydrogen-bond donors (Lipinski definition) is 3. The largest absolute Gasteiger partial charge is 0.489 e. The first-order valence-corrected chi connectivity index (χ1v) is 12.7. The molecule has 10 nitrogen and oxygen atoms in total. The molecule has 1 atom stereocenters. The summed E-state index contributed by atoms with van der Waals surface area (Å²) in [6.07, 6.45) is 2.27. The van der Waals surface area contributed by atoms with E-state index >= 15 is 0 Å². The molecular formula is C30H30N4O6. The molecule has 0 bridgehead atoms. The Balaban J connectivity index is 1.42. The van der Waals surface area contributed by atoms with Crippen molar-refractivity contribution in [2.45, 2.75) is 32.2 Å². The average Bonchev–Trinajstić information content (AvgIpc) is 3.49. The van der Waals surface area contributed by atoms with Gasteiger partial charge in [-0.25, -0.2) is 9.78 Å². The van der Waals surface area contributed by atoms with Crippen LogP contribution in [0.15, 0.2) is 97.5 Å². The van der Waals surface area contributed by atoms with Gasteiger partial charge in [0.05, 0.1) is 6.33 Å². The van der Waals surface area contributed by atoms with Gasteiger partial charge in [0.25, 0.3) is 0 Å². The van der Waals surface area contributed by atoms with Crippen molar-refractivity contribution in [3.05, 3.63) is 120 Å². The van der Waals surface area contributed by atoms with Gasteiger partial charge in [-0.3, -0.25) is 9.59 Å². The van der Waals surface area contributed by atoms with Gasteiger partial charge < -0.3 is 29.8 Å². The summed E-state index contributed by atoms with van der Waals surface area (Å²) in [4.78, 5) is 45.9. The molecule has 2 amide bonds. The van der Waals surface area contributed by atoms with Gasteiger partial charge in [0, 0.05) is 24.9 Å². The van der Waals surface area contributed by atoms with Crippen molar-refractivity contribution in [2.75, 3.05) is 6.54 Å². The summed E-state index contributed by atoms with van der Waals surface area (Å²) in [6, 6.07) is 24.9. The first-order valence-electron chi connectivity index (χ1n) is 12.7. The van der Waals surface area contributed by atoms with Crippen LogP contribution in [0.1, 0.15) is 22.4 Å². The Labute approximate surface area is 231 Å². The minimum Gasteiger partial charge on any atom is -0.489 e. The molecule has 10 heteroatoms. The Morgan fingerprint density at radius 1 is 0.875 bits per heavy atom. The summed E-state index contributed by atoms with van der Waals surface area (Å²) in [5.74, 6) is -1.11. The molecule has 206 valence electrons. The summed E-state index contributed by atoms with van der Waals surface area (Å²) in [7, 11) is 0. The van der Waals surface area contributed by atoms with E-state index in [1.807, 2.05) is 60.7 Å². The molecule has 1 heterocycles. The number of rotatable bonds is 13. The van der Waals surface area contributed by atoms with Crippen LogP contribution in [-0.4, -0.2) is 50.5 Å². The van der Waals surface area contributed by atoms with E-state index in [0.29, 0.717) is 23.6 Å². The van der Waals surface area contributed by atoms with Gasteiger partial charge in [0.2, 0.25) is 5.91 Å². The van der Waals surface area contributed by atoms with Crippen molar-refractivity contribution in [1.82, 2.24) is 20.2 Å². The van der Waals surface area contributed by atoms with E-state index in [1.165, 1.54) is 17.4 Å². The number of carbonyl (C=O) groups excluding carboxylic acids is 2. The smallest absolute Gasteiger partial charge is 0.408 e. The van der Waals surface area contributed by atoms with Crippen molar-refractivity contribution >= 4 is 18.0 Å². The molecule has 4 rings (SSSR count). The van der Waals surface area contributed by atoms with Crippen molar-refractivity contribution in [3.8, 4) is 5.75 Å². The van der Waals surface area contributed by atoms with E-state index in [0.717, 1.165) is 11.1 Å². The van der Waals surface area contributed by atoms with Crippen LogP contribution < -0.4 is 10.1 Å². The van der Waals surface area contributed by atoms with Gasteiger partial charge >= 0.3 is 12.1 Å². The van der Waals surface area contributed by atoms with Crippen LogP contribution in [-0.2, 0) is 40.5 Å². The molecule has 0 saturated heterocycles. The number of H-pyrrole nitrogens is 1. The fourth-order valence-corrected chi connectivity index (χ4v) is 3.97. The Morgan fingerprint density at radius 2 is 1.52 bits per heavy atom. The van der Waals surface area contributed by atoms with E-state index in [-0.39, 0.29) is 19.6 Å². The number of ether oxygens (including phenoxy) is 2. The van der Waals surface area contributed by atoms with Gasteiger partial charge in [0.1, 0.15) is 31.5 Å². The summed E-state index contributed by atoms with van der Waals surface area (Å²) in [5, 5.41) is 12.1. The lowest BCUT2D eigenvalue weighted by atomic mass is 10.1. The van der Waals surface area contributed by atoms with Crippen LogP contribution in [0, 0.1) is 0 Å². The highest BCUT2D eigenvalue weighted by Gasteiger charge is 2.29. The van der Waals surface area contributed by atoms with Crippen molar-refractivity contribution < 1.29 is 29.0 Å². The normalized spacial score (nSPS) is 11.3. The number of imidazole rings is 1. The monoisotopic (exact) mass is 542 g/mol. The first kappa shape index (κ1) is 27.9. The maximum Gasteiger partial charge on any atom is 0.408 e. The number of alkyl carbamates (subject to hydrolysis) is 1. The molecule has 4 aromatic rings. The molecule has 1 aromatic heterocycles. The Hall–Kier alpha value is -5.12. The molecule has 0 saturated carbocycles. The summed E-state index contributed by atoms with van der Waals surface area (Å²) in [5.41, 5.74) is 3.12. The predicted molar refractivity (Wildman–Crippen MR) is 146 cm³/mol. The van der Waals surface area contributed by atoms with Gasteiger partial charge in [-0.1, -0.05) is 72.8 Å². The number of aromatic amines is 1. The lowest BCUT2D eigenvalue weighted by molar-refractivity contribution is -0.145. The molecule has 0 aliphatic heterocycles. The maximum absolute atomic E-state index is 13.6. The number of nitrogens with zero attached hydrogens (tertiary/aromatic N) is 2. The molecule has 3 N–H and O–H groups in total. The number of amides is 2. The molecular weight excluding hydrogens is 512 g/mol. The van der Waals surface area contributed by atoms with Crippen LogP contribution in [0.3, 0.4) is 0 Å². The zero-order valence-electron chi connectivity index (χ0n) is 21.7. The third-order valence-electron chi connectivity index (χ3n) is 5.96. The molecule has 0 spiro atoms. The minimum absolute atomic E-state index is 0.0182. The van der Waals surface area contributed by atoms with Crippen LogP contribution in [0.25, 0.3) is 0 Å². The summed E-state index contributed by atoms with van der Waals surface area (Å²) < 4.78 is 11.1. The lowest BCUT2D eigenvalue weighted by Gasteiger charge is -2.26. The molecule has 0 radical (unpaired) electrons. The molecule has 3 aromatic carbocycles. The summed E-state index contributed by atoms with van der Waals surface area (Å²) >= 11 is 0. The van der Waals surface area contributed by atoms with E-state index < -0.39 is 30.6 Å². The first-order chi connectivity index (χ1) is 19.5. The zero-order chi connectivity index (χ0) is 28.2. The highest BCUT2D eigenvalue weighted by atomic mass is 16.5. The molecule has 0 aliphatic carbocycles. The Bertz CT molecular complexity index is 1360. The zero-order valence-corrected chi connectivity index (χ0v) is 21.7. The standard InChI is InChI=1S/C30H30N4O6/c35-28(36)18-34(17-22-11-13-26(14-12-22)39-19-23-7-3-1-4-8-23)29(37)27(15-25-16-31-21-32-25)33-30(38)40-20-24-9-5-2-6-10-24/h1-14,16,21,27H,15,17-20H2,(H,31,32)(H,33,38)(H,35,36)/t27-/m0/s1. The number of nitrogens with one attached hydrogen (secondary N) is 2. The lowest BCUT2D eigenvalue weighted by Crippen LogP contribution is -2.50. The van der Waals surface area contributed by atoms with E-state index in [1.54, 1.807) is 24.3 Å². The van der Waals surface area contributed by atoms with Crippen LogP contribution in [0.4, 0.5) is 4.79 Å². The van der Waals surface area contributed by atoms with Gasteiger partial charge in [-0.05, 0) is 28.8 Å². The van der Waals surface area contributed by atoms with Crippen molar-refractivity contribution in [1.29, 1.82) is 0 Å². The van der Waals surface area contributed by atoms with Gasteiger partial charge in [-0.2, -0.15) is 0 Å². The Kier molecular flexibility index (Phi) is 9.87. The van der Waals surface area contributed by atoms with Crippen LogP contribution in [0.5, 0.6) is 5.75 Å². The SMILES string of the molecule is O=C(O)CN(Cc1ccc(OCc2ccccc2)cc1)C(=O)[C@H](Cc1cnc[nH]1)NC(=O)OCc1ccccc1. The van der Waals surface area contributed by atoms with Crippen LogP contribution >= 0.6 is 0 Å². The molecule has 0 aliphatic rings. The van der Waals surface area contributed by atoms with E-state index in [9.17, 15) is 19.5 Å². The van der Waals surface area contributed by atoms with Gasteiger partial charge in [0.15, 0.2) is 0 Å². The molecule has 0 fully saturated rings. The number of hydrogen-bond acceptors (Lipinski definition) is 6. The van der Waals surface area contributed by atoms with Crippen molar-refractivity contribution in [3.63, 3.8) is 0 Å². The number of aromatic nitrogens is 2. The number of carboxylic acids is 1. The second-order valence-corrected chi connectivity index (χ2v) is 9.05. The molecule has 40 heavy (non-hydrogen) atoms. The number of carboxylic acid groups (broad SMARTS) is 1. The van der Waals surface area contributed by atoms with E-state index in [2.05, 4.69) is 15.3 Å². The van der Waals surface area contributed by atoms with Crippen LogP contribution in [0.2, 0.25) is 0 Å². The average molecular weight is 543 g/mol. The maximum atomic E-state index is 13.6. The van der Waals surface area contributed by atoms with E-state index in [4.69, 9.17) is 9.47 Å². The second-order valence-electron chi connectivity index (χ2n) is 9.05. The molecule has 0 unspecified atom stereocenters. The number of aliphatic carboxylic acids is 1. The summed E-state index contributed by atoms with van der Waals surface area (Å²) in [6.45, 7) is -0.101.